The fourth-order valence-electron chi connectivity index (χ4n) is 1.39. The second kappa shape index (κ2) is 5.95. The van der Waals surface area contributed by atoms with Crippen LogP contribution in [0.25, 0.3) is 0 Å². The molecular weight excluding hydrogens is 238 g/mol. The Morgan fingerprint density at radius 3 is 2.22 bits per heavy atom. The summed E-state index contributed by atoms with van der Waals surface area (Å²) in [6.07, 6.45) is 1.31. The molecular formula is C11H15N3O4. The molecule has 0 radical (unpaired) electrons. The molecule has 1 heterocycles. The number of carboxylic acids is 2. The van der Waals surface area contributed by atoms with Crippen LogP contribution < -0.4 is 4.90 Å². The van der Waals surface area contributed by atoms with Crippen LogP contribution in [0.2, 0.25) is 0 Å². The van der Waals surface area contributed by atoms with Gasteiger partial charge < -0.3 is 15.1 Å². The second-order valence-corrected chi connectivity index (χ2v) is 4.10. The van der Waals surface area contributed by atoms with E-state index in [-0.39, 0.29) is 5.92 Å². The summed E-state index contributed by atoms with van der Waals surface area (Å²) in [4.78, 5) is 30.6. The number of nitrogens with zero attached hydrogens (tertiary/aromatic N) is 3. The van der Waals surface area contributed by atoms with Crippen LogP contribution in [0.3, 0.4) is 0 Å². The molecule has 98 valence electrons. The minimum absolute atomic E-state index is 0.156. The van der Waals surface area contributed by atoms with Crippen LogP contribution in [0.15, 0.2) is 12.4 Å². The maximum absolute atomic E-state index is 10.7. The van der Waals surface area contributed by atoms with Crippen molar-refractivity contribution >= 4 is 17.8 Å². The molecule has 0 fully saturated rings. The zero-order chi connectivity index (χ0) is 13.7. The van der Waals surface area contributed by atoms with Crippen molar-refractivity contribution in [3.05, 3.63) is 18.1 Å². The van der Waals surface area contributed by atoms with Crippen LogP contribution in [0.5, 0.6) is 0 Å². The van der Waals surface area contributed by atoms with E-state index in [1.165, 1.54) is 11.2 Å². The molecule has 0 atom stereocenters. The van der Waals surface area contributed by atoms with Gasteiger partial charge in [0.2, 0.25) is 0 Å². The molecule has 2 N–H and O–H groups in total. The van der Waals surface area contributed by atoms with Crippen molar-refractivity contribution < 1.29 is 19.8 Å². The Kier molecular flexibility index (Phi) is 4.59. The zero-order valence-corrected chi connectivity index (χ0v) is 10.2. The van der Waals surface area contributed by atoms with Gasteiger partial charge >= 0.3 is 11.9 Å². The summed E-state index contributed by atoms with van der Waals surface area (Å²) >= 11 is 0. The van der Waals surface area contributed by atoms with Gasteiger partial charge in [0.05, 0.1) is 0 Å². The number of aromatic nitrogens is 2. The van der Waals surface area contributed by atoms with Gasteiger partial charge in [-0.1, -0.05) is 13.8 Å². The summed E-state index contributed by atoms with van der Waals surface area (Å²) in [5.74, 6) is -1.76. The van der Waals surface area contributed by atoms with Gasteiger partial charge in [-0.15, -0.1) is 0 Å². The van der Waals surface area contributed by atoms with E-state index in [4.69, 9.17) is 10.2 Å². The molecule has 0 saturated carbocycles. The van der Waals surface area contributed by atoms with E-state index in [9.17, 15) is 9.59 Å². The van der Waals surface area contributed by atoms with Crippen molar-refractivity contribution in [1.29, 1.82) is 0 Å². The first-order valence-electron chi connectivity index (χ1n) is 5.40. The Morgan fingerprint density at radius 1 is 1.22 bits per heavy atom. The lowest BCUT2D eigenvalue weighted by molar-refractivity contribution is -0.136. The van der Waals surface area contributed by atoms with Crippen LogP contribution in [-0.2, 0) is 9.59 Å². The third-order valence-corrected chi connectivity index (χ3v) is 2.24. The van der Waals surface area contributed by atoms with Crippen molar-refractivity contribution in [3.63, 3.8) is 0 Å². The van der Waals surface area contributed by atoms with Crippen molar-refractivity contribution in [1.82, 2.24) is 9.97 Å². The largest absolute Gasteiger partial charge is 0.480 e. The number of anilines is 1. The predicted molar refractivity (Wildman–Crippen MR) is 63.6 cm³/mol. The number of hydrogen-bond donors (Lipinski definition) is 2. The summed E-state index contributed by atoms with van der Waals surface area (Å²) in [6, 6.07) is 1.61. The molecule has 1 aromatic heterocycles. The van der Waals surface area contributed by atoms with E-state index < -0.39 is 25.0 Å². The highest BCUT2D eigenvalue weighted by atomic mass is 16.4. The van der Waals surface area contributed by atoms with Gasteiger partial charge in [-0.05, 0) is 5.92 Å². The fourth-order valence-corrected chi connectivity index (χ4v) is 1.39. The highest BCUT2D eigenvalue weighted by Gasteiger charge is 2.16. The Hall–Kier alpha value is -2.18. The van der Waals surface area contributed by atoms with Gasteiger partial charge in [0, 0.05) is 11.8 Å². The molecule has 0 aromatic carbocycles. The molecule has 0 amide bonds. The van der Waals surface area contributed by atoms with Crippen LogP contribution >= 0.6 is 0 Å². The van der Waals surface area contributed by atoms with Gasteiger partial charge in [0.1, 0.15) is 25.2 Å². The zero-order valence-electron chi connectivity index (χ0n) is 10.2. The first-order valence-corrected chi connectivity index (χ1v) is 5.40. The molecule has 1 aromatic rings. The first kappa shape index (κ1) is 13.9. The van der Waals surface area contributed by atoms with Crippen molar-refractivity contribution in [3.8, 4) is 0 Å². The van der Waals surface area contributed by atoms with E-state index in [2.05, 4.69) is 9.97 Å². The van der Waals surface area contributed by atoms with Crippen LogP contribution in [0.1, 0.15) is 25.5 Å². The van der Waals surface area contributed by atoms with E-state index >= 15 is 0 Å². The van der Waals surface area contributed by atoms with E-state index in [0.29, 0.717) is 5.82 Å². The normalized spacial score (nSPS) is 10.4. The van der Waals surface area contributed by atoms with Crippen LogP contribution in [0, 0.1) is 0 Å². The molecule has 0 aliphatic rings. The Labute approximate surface area is 104 Å². The number of carboxylic acid groups (broad SMARTS) is 2. The Morgan fingerprint density at radius 2 is 1.78 bits per heavy atom. The fraction of sp³-hybridized carbons (Fsp3) is 0.455. The smallest absolute Gasteiger partial charge is 0.323 e. The molecule has 0 bridgehead atoms. The number of carbonyl (C=O) groups is 2. The molecule has 7 heteroatoms. The molecule has 1 rings (SSSR count). The molecule has 0 saturated heterocycles. The maximum atomic E-state index is 10.7. The predicted octanol–water partition coefficient (Wildman–Crippen LogP) is 0.576. The molecule has 0 unspecified atom stereocenters. The lowest BCUT2D eigenvalue weighted by Crippen LogP contribution is -2.35. The summed E-state index contributed by atoms with van der Waals surface area (Å²) < 4.78 is 0. The highest BCUT2D eigenvalue weighted by Crippen LogP contribution is 2.16. The average molecular weight is 253 g/mol. The average Bonchev–Trinajstić information content (AvgIpc) is 2.27. The molecule has 18 heavy (non-hydrogen) atoms. The number of aliphatic carboxylic acids is 2. The quantitative estimate of drug-likeness (QED) is 0.763. The molecule has 0 aliphatic heterocycles. The summed E-state index contributed by atoms with van der Waals surface area (Å²) in [5, 5.41) is 17.5. The van der Waals surface area contributed by atoms with Crippen molar-refractivity contribution in [2.45, 2.75) is 19.8 Å². The van der Waals surface area contributed by atoms with Gasteiger partial charge in [-0.25, -0.2) is 9.97 Å². The highest BCUT2D eigenvalue weighted by molar-refractivity contribution is 5.78. The first-order chi connectivity index (χ1) is 8.40. The third kappa shape index (κ3) is 4.00. The minimum Gasteiger partial charge on any atom is -0.480 e. The lowest BCUT2D eigenvalue weighted by atomic mass is 10.1. The summed E-state index contributed by atoms with van der Waals surface area (Å²) in [5.41, 5.74) is 0.737. The van der Waals surface area contributed by atoms with Gasteiger partial charge in [-0.2, -0.15) is 0 Å². The van der Waals surface area contributed by atoms with Crippen LogP contribution in [-0.4, -0.2) is 45.2 Å². The van der Waals surface area contributed by atoms with Gasteiger partial charge in [0.15, 0.2) is 0 Å². The topological polar surface area (TPSA) is 104 Å². The van der Waals surface area contributed by atoms with E-state index in [0.717, 1.165) is 5.69 Å². The summed E-state index contributed by atoms with van der Waals surface area (Å²) in [6.45, 7) is 3.04. The SMILES string of the molecule is CC(C)c1cc(N(CC(=O)O)CC(=O)O)ncn1. The monoisotopic (exact) mass is 253 g/mol. The maximum Gasteiger partial charge on any atom is 0.323 e. The van der Waals surface area contributed by atoms with Crippen molar-refractivity contribution in [2.24, 2.45) is 0 Å². The van der Waals surface area contributed by atoms with Crippen molar-refractivity contribution in [2.75, 3.05) is 18.0 Å². The second-order valence-electron chi connectivity index (χ2n) is 4.10. The van der Waals surface area contributed by atoms with E-state index in [1.54, 1.807) is 6.07 Å². The standard InChI is InChI=1S/C11H15N3O4/c1-7(2)8-3-9(13-6-12-8)14(4-10(15)16)5-11(17)18/h3,6-7H,4-5H2,1-2H3,(H,15,16)(H,17,18). The third-order valence-electron chi connectivity index (χ3n) is 2.24. The lowest BCUT2D eigenvalue weighted by Gasteiger charge is -2.20. The van der Waals surface area contributed by atoms with Gasteiger partial charge in [-0.3, -0.25) is 9.59 Å². The summed E-state index contributed by atoms with van der Waals surface area (Å²) in [7, 11) is 0. The Bertz CT molecular complexity index is 432. The van der Waals surface area contributed by atoms with Gasteiger partial charge in [0.25, 0.3) is 0 Å². The number of hydrogen-bond acceptors (Lipinski definition) is 5. The Balaban J connectivity index is 2.99. The molecule has 7 nitrogen and oxygen atoms in total. The minimum atomic E-state index is -1.11. The molecule has 0 aliphatic carbocycles. The van der Waals surface area contributed by atoms with E-state index in [1.807, 2.05) is 13.8 Å². The number of rotatable bonds is 6. The molecule has 0 spiro atoms. The van der Waals surface area contributed by atoms with Crippen LogP contribution in [0.4, 0.5) is 5.82 Å².